The molecular weight excluding hydrogens is 278 g/mol. The maximum atomic E-state index is 12.1. The van der Waals surface area contributed by atoms with E-state index in [0.717, 1.165) is 19.4 Å². The molecule has 7 heteroatoms. The van der Waals surface area contributed by atoms with E-state index < -0.39 is 5.91 Å². The Bertz CT molecular complexity index is 395. The summed E-state index contributed by atoms with van der Waals surface area (Å²) in [5.74, 6) is -0.0563. The average molecular weight is 305 g/mol. The zero-order valence-electron chi connectivity index (χ0n) is 12.1. The van der Waals surface area contributed by atoms with E-state index >= 15 is 0 Å². The highest BCUT2D eigenvalue weighted by atomic mass is 32.2. The predicted molar refractivity (Wildman–Crippen MR) is 83.4 cm³/mol. The summed E-state index contributed by atoms with van der Waals surface area (Å²) in [7, 11) is 0. The number of hydrogen-bond donors (Lipinski definition) is 2. The second kappa shape index (κ2) is 7.52. The summed E-state index contributed by atoms with van der Waals surface area (Å²) in [5.41, 5.74) is 4.69. The lowest BCUT2D eigenvalue weighted by Gasteiger charge is -2.37. The smallest absolute Gasteiger partial charge is 0.230 e. The molecular formula is C13H27N3O3S. The molecule has 1 saturated heterocycles. The third-order valence-corrected chi connectivity index (χ3v) is 4.23. The first kappa shape index (κ1) is 16.8. The van der Waals surface area contributed by atoms with Gasteiger partial charge in [0.1, 0.15) is 0 Å². The van der Waals surface area contributed by atoms with Crippen LogP contribution in [0.15, 0.2) is 0 Å². The predicted octanol–water partition coefficient (Wildman–Crippen LogP) is 0.462. The highest BCUT2D eigenvalue weighted by molar-refractivity contribution is 8.00. The van der Waals surface area contributed by atoms with E-state index in [0.29, 0.717) is 13.1 Å². The fourth-order valence-corrected chi connectivity index (χ4v) is 2.78. The van der Waals surface area contributed by atoms with Gasteiger partial charge in [0.15, 0.2) is 0 Å². The zero-order valence-corrected chi connectivity index (χ0v) is 12.9. The van der Waals surface area contributed by atoms with Gasteiger partial charge < -0.3 is 16.0 Å². The van der Waals surface area contributed by atoms with Crippen molar-refractivity contribution in [1.29, 1.82) is 0 Å². The number of nitrogens with one attached hydrogen (secondary N) is 1. The molecule has 3 amide bonds. The number of primary amides is 1. The van der Waals surface area contributed by atoms with E-state index in [1.165, 1.54) is 11.8 Å². The molecule has 0 spiro atoms. The van der Waals surface area contributed by atoms with Crippen LogP contribution in [0.25, 0.3) is 0 Å². The number of nitrogens with two attached hydrogens (primary N) is 1. The Morgan fingerprint density at radius 2 is 2.15 bits per heavy atom. The van der Waals surface area contributed by atoms with Crippen molar-refractivity contribution in [2.45, 2.75) is 26.7 Å². The fraction of sp³-hybridized carbons (Fsp3) is 0.769. The lowest BCUT2D eigenvalue weighted by Crippen LogP contribution is -2.48. The van der Waals surface area contributed by atoms with Gasteiger partial charge in [0.05, 0.1) is 11.5 Å². The fourth-order valence-electron chi connectivity index (χ4n) is 2.19. The van der Waals surface area contributed by atoms with Crippen LogP contribution in [0.3, 0.4) is 0 Å². The maximum Gasteiger partial charge on any atom is 0.230 e. The van der Waals surface area contributed by atoms with Crippen molar-refractivity contribution in [1.82, 2.24) is 10.2 Å². The molecule has 0 unspecified atom stereocenters. The van der Waals surface area contributed by atoms with Crippen molar-refractivity contribution in [2.24, 2.45) is 11.1 Å². The zero-order chi connectivity index (χ0) is 15.2. The molecule has 0 atom stereocenters. The number of carbonyl (C=O) groups is 3. The molecule has 1 heterocycles. The van der Waals surface area contributed by atoms with Crippen LogP contribution in [-0.4, -0.2) is 53.8 Å². The quantitative estimate of drug-likeness (QED) is 0.715. The van der Waals surface area contributed by atoms with Crippen LogP contribution in [0.4, 0.5) is 0 Å². The third kappa shape index (κ3) is 5.40. The van der Waals surface area contributed by atoms with Gasteiger partial charge in [0.25, 0.3) is 0 Å². The molecule has 0 bridgehead atoms. The van der Waals surface area contributed by atoms with Gasteiger partial charge in [-0.25, -0.2) is 0 Å². The highest BCUT2D eigenvalue weighted by Crippen LogP contribution is 2.29. The number of hydrogen-bond acceptors (Lipinski definition) is 4. The Labute approximate surface area is 126 Å². The summed E-state index contributed by atoms with van der Waals surface area (Å²) in [5, 5.41) is 2.75. The van der Waals surface area contributed by atoms with Crippen LogP contribution in [0, 0.1) is 5.41 Å². The second-order valence-electron chi connectivity index (χ2n) is 5.59. The summed E-state index contributed by atoms with van der Waals surface area (Å²) in [6.45, 7) is 5.65. The van der Waals surface area contributed by atoms with Crippen molar-refractivity contribution in [3.63, 3.8) is 0 Å². The first-order valence-electron chi connectivity index (χ1n) is 6.75. The molecule has 1 aliphatic rings. The SMILES string of the molecule is CC1(C)CCCN(CCNC(=O)CSCC(N)=O)C1=O.[HH].[HH]. The van der Waals surface area contributed by atoms with Crippen LogP contribution in [0.2, 0.25) is 0 Å². The van der Waals surface area contributed by atoms with Gasteiger partial charge in [0.2, 0.25) is 17.7 Å². The minimum Gasteiger partial charge on any atom is -0.369 e. The molecule has 1 rings (SSSR count). The number of piperidine rings is 1. The Morgan fingerprint density at radius 1 is 1.45 bits per heavy atom. The molecule has 0 aromatic heterocycles. The van der Waals surface area contributed by atoms with Crippen LogP contribution >= 0.6 is 11.8 Å². The number of thioether (sulfide) groups is 1. The van der Waals surface area contributed by atoms with E-state index in [1.807, 2.05) is 13.8 Å². The molecule has 0 aliphatic carbocycles. The monoisotopic (exact) mass is 305 g/mol. The summed E-state index contributed by atoms with van der Waals surface area (Å²) >= 11 is 1.19. The van der Waals surface area contributed by atoms with Gasteiger partial charge in [-0.3, -0.25) is 14.4 Å². The molecule has 6 nitrogen and oxygen atoms in total. The normalized spacial score (nSPS) is 17.9. The molecule has 0 radical (unpaired) electrons. The van der Waals surface area contributed by atoms with Gasteiger partial charge in [-0.2, -0.15) is 0 Å². The summed E-state index contributed by atoms with van der Waals surface area (Å²) in [6, 6.07) is 0. The molecule has 0 aromatic rings. The van der Waals surface area contributed by atoms with Crippen molar-refractivity contribution in [3.8, 4) is 0 Å². The molecule has 1 aliphatic heterocycles. The summed E-state index contributed by atoms with van der Waals surface area (Å²) in [4.78, 5) is 35.9. The highest BCUT2D eigenvalue weighted by Gasteiger charge is 2.35. The van der Waals surface area contributed by atoms with Gasteiger partial charge in [0, 0.05) is 27.9 Å². The van der Waals surface area contributed by atoms with E-state index in [-0.39, 0.29) is 31.6 Å². The lowest BCUT2D eigenvalue weighted by molar-refractivity contribution is -0.144. The number of carbonyl (C=O) groups excluding carboxylic acids is 3. The first-order valence-corrected chi connectivity index (χ1v) is 7.90. The van der Waals surface area contributed by atoms with E-state index in [1.54, 1.807) is 4.90 Å². The number of rotatable bonds is 7. The van der Waals surface area contributed by atoms with Gasteiger partial charge in [-0.1, -0.05) is 13.8 Å². The Morgan fingerprint density at radius 3 is 2.80 bits per heavy atom. The molecule has 0 saturated carbocycles. The molecule has 20 heavy (non-hydrogen) atoms. The summed E-state index contributed by atoms with van der Waals surface area (Å²) in [6.07, 6.45) is 1.92. The maximum absolute atomic E-state index is 12.1. The number of amides is 3. The van der Waals surface area contributed by atoms with Crippen molar-refractivity contribution in [3.05, 3.63) is 0 Å². The van der Waals surface area contributed by atoms with Crippen LogP contribution in [-0.2, 0) is 14.4 Å². The number of nitrogens with zero attached hydrogens (tertiary/aromatic N) is 1. The Kier molecular flexibility index (Phi) is 6.32. The van der Waals surface area contributed by atoms with Crippen molar-refractivity contribution < 1.29 is 17.2 Å². The van der Waals surface area contributed by atoms with Crippen LogP contribution in [0.5, 0.6) is 0 Å². The molecule has 3 N–H and O–H groups in total. The van der Waals surface area contributed by atoms with Gasteiger partial charge >= 0.3 is 0 Å². The molecule has 0 aromatic carbocycles. The Balaban J connectivity index is 0. The van der Waals surface area contributed by atoms with Gasteiger partial charge in [-0.15, -0.1) is 11.8 Å². The largest absolute Gasteiger partial charge is 0.369 e. The van der Waals surface area contributed by atoms with E-state index in [2.05, 4.69) is 5.32 Å². The van der Waals surface area contributed by atoms with E-state index in [4.69, 9.17) is 5.73 Å². The minimum absolute atomic E-state index is 0. The van der Waals surface area contributed by atoms with Crippen molar-refractivity contribution in [2.75, 3.05) is 31.1 Å². The lowest BCUT2D eigenvalue weighted by atomic mass is 9.83. The van der Waals surface area contributed by atoms with Crippen LogP contribution in [0.1, 0.15) is 29.5 Å². The minimum atomic E-state index is -0.427. The number of likely N-dealkylation sites (tertiary alicyclic amines) is 1. The van der Waals surface area contributed by atoms with Crippen LogP contribution < -0.4 is 11.1 Å². The topological polar surface area (TPSA) is 92.5 Å². The van der Waals surface area contributed by atoms with E-state index in [9.17, 15) is 14.4 Å². The molecule has 1 fully saturated rings. The first-order chi connectivity index (χ1) is 9.33. The standard InChI is InChI=1S/C13H23N3O3S.2H2/c1-13(2)4-3-6-16(12(13)19)7-5-15-11(18)9-20-8-10(14)17;;/h3-9H2,1-2H3,(H2,14,17)(H,15,18);2*1H. The van der Waals surface area contributed by atoms with Gasteiger partial charge in [-0.05, 0) is 12.8 Å². The molecule has 118 valence electrons. The second-order valence-corrected chi connectivity index (χ2v) is 6.57. The average Bonchev–Trinajstić information content (AvgIpc) is 2.34. The Hall–Kier alpha value is -1.24. The summed E-state index contributed by atoms with van der Waals surface area (Å²) < 4.78 is 0. The third-order valence-electron chi connectivity index (χ3n) is 3.28. The van der Waals surface area contributed by atoms with Crippen molar-refractivity contribution >= 4 is 29.5 Å².